The number of rotatable bonds is 13. The van der Waals surface area contributed by atoms with E-state index in [1.807, 2.05) is 12.1 Å². The molecule has 5 nitrogen and oxygen atoms in total. The second-order valence-corrected chi connectivity index (χ2v) is 11.4. The summed E-state index contributed by atoms with van der Waals surface area (Å²) in [6.07, 6.45) is 3.40. The molecule has 0 saturated carbocycles. The maximum absolute atomic E-state index is 10.6. The first kappa shape index (κ1) is 21.9. The third kappa shape index (κ3) is 8.06. The molecular weight excluding hydrogens is 372 g/mol. The summed E-state index contributed by atoms with van der Waals surface area (Å²) in [5, 5.41) is 0. The highest BCUT2D eigenvalue weighted by atomic mass is 28.4. The van der Waals surface area contributed by atoms with E-state index in [1.165, 1.54) is 0 Å². The molecule has 150 valence electrons. The van der Waals surface area contributed by atoms with Crippen molar-refractivity contribution in [3.05, 3.63) is 59.7 Å². The summed E-state index contributed by atoms with van der Waals surface area (Å²) in [5.41, 5.74) is 1.29. The molecule has 0 radical (unpaired) electrons. The molecule has 2 aromatic carbocycles. The number of hydrogen-bond donors (Lipinski definition) is 0. The number of carbonyl (C=O) groups is 2. The number of carbonyl (C=O) groups excluding carboxylic acids is 2. The maximum Gasteiger partial charge on any atom is 0.186 e. The van der Waals surface area contributed by atoms with Crippen LogP contribution in [0.15, 0.2) is 48.5 Å². The van der Waals surface area contributed by atoms with Gasteiger partial charge >= 0.3 is 0 Å². The lowest BCUT2D eigenvalue weighted by molar-refractivity contribution is 0.111. The molecule has 0 bridgehead atoms. The Hall–Kier alpha value is -2.44. The zero-order chi connectivity index (χ0) is 20.2. The molecule has 0 aliphatic carbocycles. The Labute approximate surface area is 167 Å². The molecule has 28 heavy (non-hydrogen) atoms. The van der Waals surface area contributed by atoms with Gasteiger partial charge in [0, 0.05) is 24.2 Å². The van der Waals surface area contributed by atoms with E-state index in [4.69, 9.17) is 13.9 Å². The Balaban J connectivity index is 1.56. The van der Waals surface area contributed by atoms with E-state index < -0.39 is 8.32 Å². The van der Waals surface area contributed by atoms with Crippen molar-refractivity contribution >= 4 is 20.9 Å². The largest absolute Gasteiger partial charge is 0.494 e. The fraction of sp³-hybridized carbons (Fsp3) is 0.364. The monoisotopic (exact) mass is 400 g/mol. The van der Waals surface area contributed by atoms with Crippen LogP contribution in [0.2, 0.25) is 19.1 Å². The van der Waals surface area contributed by atoms with Crippen LogP contribution in [-0.4, -0.2) is 40.7 Å². The maximum atomic E-state index is 10.6. The number of aldehydes is 2. The van der Waals surface area contributed by atoms with Crippen LogP contribution in [0.1, 0.15) is 33.6 Å². The minimum Gasteiger partial charge on any atom is -0.494 e. The summed E-state index contributed by atoms with van der Waals surface area (Å²) in [4.78, 5) is 21.3. The molecular formula is C22H28O5Si. The Morgan fingerprint density at radius 1 is 0.714 bits per heavy atom. The molecule has 0 saturated heterocycles. The summed E-state index contributed by atoms with van der Waals surface area (Å²) in [7, 11) is -1.72. The van der Waals surface area contributed by atoms with Gasteiger partial charge in [-0.25, -0.2) is 0 Å². The van der Waals surface area contributed by atoms with Crippen molar-refractivity contribution in [2.45, 2.75) is 32.0 Å². The lowest BCUT2D eigenvalue weighted by Gasteiger charge is -2.23. The molecule has 0 atom stereocenters. The molecule has 6 heteroatoms. The SMILES string of the molecule is C[Si](C)(CCCOc1ccc(C=O)cc1)OCCCOc1ccc(C=O)cc1. The van der Waals surface area contributed by atoms with Gasteiger partial charge in [-0.15, -0.1) is 0 Å². The average molecular weight is 401 g/mol. The lowest BCUT2D eigenvalue weighted by Crippen LogP contribution is -2.31. The van der Waals surface area contributed by atoms with E-state index in [0.717, 1.165) is 43.0 Å². The predicted octanol–water partition coefficient (Wildman–Crippen LogP) is 4.77. The van der Waals surface area contributed by atoms with E-state index in [-0.39, 0.29) is 0 Å². The molecule has 0 fully saturated rings. The zero-order valence-corrected chi connectivity index (χ0v) is 17.6. The highest BCUT2D eigenvalue weighted by Crippen LogP contribution is 2.17. The van der Waals surface area contributed by atoms with E-state index in [9.17, 15) is 9.59 Å². The van der Waals surface area contributed by atoms with Gasteiger partial charge in [-0.3, -0.25) is 9.59 Å². The molecule has 2 rings (SSSR count). The van der Waals surface area contributed by atoms with Crippen molar-refractivity contribution in [1.82, 2.24) is 0 Å². The van der Waals surface area contributed by atoms with E-state index in [0.29, 0.717) is 30.9 Å². The zero-order valence-electron chi connectivity index (χ0n) is 16.6. The van der Waals surface area contributed by atoms with Gasteiger partial charge < -0.3 is 13.9 Å². The van der Waals surface area contributed by atoms with Crippen molar-refractivity contribution in [1.29, 1.82) is 0 Å². The molecule has 0 N–H and O–H groups in total. The first-order chi connectivity index (χ1) is 13.5. The van der Waals surface area contributed by atoms with Gasteiger partial charge in [0.15, 0.2) is 8.32 Å². The first-order valence-corrected chi connectivity index (χ1v) is 12.6. The minimum absolute atomic E-state index is 0.588. The van der Waals surface area contributed by atoms with Gasteiger partial charge in [0.2, 0.25) is 0 Å². The number of ether oxygens (including phenoxy) is 2. The van der Waals surface area contributed by atoms with Crippen LogP contribution in [0.5, 0.6) is 11.5 Å². The van der Waals surface area contributed by atoms with Crippen LogP contribution in [-0.2, 0) is 4.43 Å². The summed E-state index contributed by atoms with van der Waals surface area (Å²) < 4.78 is 17.5. The second-order valence-electron chi connectivity index (χ2n) is 7.14. The summed E-state index contributed by atoms with van der Waals surface area (Å²) in [6.45, 7) is 6.33. The highest BCUT2D eigenvalue weighted by Gasteiger charge is 2.21. The standard InChI is InChI=1S/C22H28O5Si/c1-28(2,16-4-14-26-22-11-7-20(18-24)8-12-22)27-15-3-13-25-21-9-5-19(17-23)6-10-21/h5-12,17-18H,3-4,13-16H2,1-2H3. The predicted molar refractivity (Wildman–Crippen MR) is 112 cm³/mol. The van der Waals surface area contributed by atoms with Gasteiger partial charge in [-0.1, -0.05) is 0 Å². The molecule has 0 aliphatic rings. The lowest BCUT2D eigenvalue weighted by atomic mass is 10.2. The van der Waals surface area contributed by atoms with Crippen LogP contribution in [0.25, 0.3) is 0 Å². The quantitative estimate of drug-likeness (QED) is 0.275. The Morgan fingerprint density at radius 2 is 1.18 bits per heavy atom. The third-order valence-corrected chi connectivity index (χ3v) is 6.82. The summed E-state index contributed by atoms with van der Waals surface area (Å²) >= 11 is 0. The molecule has 2 aromatic rings. The van der Waals surface area contributed by atoms with Gasteiger partial charge in [0.05, 0.1) is 13.2 Å². The van der Waals surface area contributed by atoms with Crippen LogP contribution in [0.4, 0.5) is 0 Å². The van der Waals surface area contributed by atoms with E-state index in [1.54, 1.807) is 36.4 Å². The van der Waals surface area contributed by atoms with Gasteiger partial charge in [0.1, 0.15) is 24.1 Å². The Bertz CT molecular complexity index is 726. The van der Waals surface area contributed by atoms with Gasteiger partial charge in [-0.2, -0.15) is 0 Å². The Kier molecular flexibility index (Phi) is 8.91. The van der Waals surface area contributed by atoms with Crippen molar-refractivity contribution in [2.75, 3.05) is 19.8 Å². The topological polar surface area (TPSA) is 61.8 Å². The van der Waals surface area contributed by atoms with Crippen LogP contribution in [0.3, 0.4) is 0 Å². The van der Waals surface area contributed by atoms with E-state index >= 15 is 0 Å². The number of hydrogen-bond acceptors (Lipinski definition) is 5. The van der Waals surface area contributed by atoms with Crippen LogP contribution >= 0.6 is 0 Å². The minimum atomic E-state index is -1.72. The molecule has 0 spiro atoms. The molecule has 0 heterocycles. The fourth-order valence-corrected chi connectivity index (χ4v) is 4.48. The van der Waals surface area contributed by atoms with E-state index in [2.05, 4.69) is 13.1 Å². The average Bonchev–Trinajstić information content (AvgIpc) is 2.72. The van der Waals surface area contributed by atoms with Gasteiger partial charge in [0.25, 0.3) is 0 Å². The van der Waals surface area contributed by atoms with Crippen molar-refractivity contribution < 1.29 is 23.5 Å². The fourth-order valence-electron chi connectivity index (χ4n) is 2.64. The second kappa shape index (κ2) is 11.4. The third-order valence-electron chi connectivity index (χ3n) is 4.27. The summed E-state index contributed by atoms with van der Waals surface area (Å²) in [5.74, 6) is 1.55. The molecule has 0 amide bonds. The van der Waals surface area contributed by atoms with Crippen LogP contribution < -0.4 is 9.47 Å². The smallest absolute Gasteiger partial charge is 0.186 e. The normalized spacial score (nSPS) is 11.1. The molecule has 0 aromatic heterocycles. The van der Waals surface area contributed by atoms with Crippen molar-refractivity contribution in [2.24, 2.45) is 0 Å². The van der Waals surface area contributed by atoms with Gasteiger partial charge in [-0.05, 0) is 74.1 Å². The summed E-state index contributed by atoms with van der Waals surface area (Å²) in [6, 6.07) is 15.2. The van der Waals surface area contributed by atoms with Crippen molar-refractivity contribution in [3.63, 3.8) is 0 Å². The highest BCUT2D eigenvalue weighted by molar-refractivity contribution is 6.71. The van der Waals surface area contributed by atoms with Crippen molar-refractivity contribution in [3.8, 4) is 11.5 Å². The van der Waals surface area contributed by atoms with Crippen LogP contribution in [0, 0.1) is 0 Å². The number of benzene rings is 2. The Morgan fingerprint density at radius 3 is 1.64 bits per heavy atom. The molecule has 0 unspecified atom stereocenters. The first-order valence-electron chi connectivity index (χ1n) is 9.52. The molecule has 0 aliphatic heterocycles.